The summed E-state index contributed by atoms with van der Waals surface area (Å²) in [5.41, 5.74) is 2.73. The Morgan fingerprint density at radius 2 is 1.86 bits per heavy atom. The number of anilines is 1. The highest BCUT2D eigenvalue weighted by Gasteiger charge is 2.36. The first-order valence-electron chi connectivity index (χ1n) is 8.94. The molecular weight excluding hydrogens is 370 g/mol. The number of carbonyl (C=O) groups excluding carboxylic acids is 3. The maximum atomic E-state index is 12.8. The minimum absolute atomic E-state index is 0.107. The Kier molecular flexibility index (Phi) is 4.56. The molecule has 0 saturated carbocycles. The van der Waals surface area contributed by atoms with Crippen LogP contribution >= 0.6 is 0 Å². The molecule has 7 heteroatoms. The van der Waals surface area contributed by atoms with E-state index in [-0.39, 0.29) is 29.0 Å². The number of nitrogens with one attached hydrogen (secondary N) is 1. The molecule has 0 atom stereocenters. The van der Waals surface area contributed by atoms with Crippen LogP contribution < -0.4 is 5.32 Å². The van der Waals surface area contributed by atoms with Crippen LogP contribution in [0.3, 0.4) is 0 Å². The lowest BCUT2D eigenvalue weighted by Crippen LogP contribution is -2.29. The lowest BCUT2D eigenvalue weighted by Gasteiger charge is -2.13. The number of aryl methyl sites for hydroxylation is 1. The summed E-state index contributed by atoms with van der Waals surface area (Å²) in [6, 6.07) is 12.6. The fourth-order valence-electron chi connectivity index (χ4n) is 3.23. The molecule has 7 nitrogen and oxygen atoms in total. The van der Waals surface area contributed by atoms with Gasteiger partial charge in [-0.15, -0.1) is 0 Å². The number of aromatic nitrogens is 1. The molecule has 0 radical (unpaired) electrons. The van der Waals surface area contributed by atoms with Crippen LogP contribution in [0.1, 0.15) is 42.2 Å². The van der Waals surface area contributed by atoms with Crippen molar-refractivity contribution in [2.24, 2.45) is 0 Å². The van der Waals surface area contributed by atoms with Crippen LogP contribution in [-0.4, -0.2) is 32.7 Å². The molecule has 1 aliphatic heterocycles. The van der Waals surface area contributed by atoms with Gasteiger partial charge in [0.15, 0.2) is 0 Å². The molecule has 2 heterocycles. The second-order valence-corrected chi connectivity index (χ2v) is 6.77. The third kappa shape index (κ3) is 3.45. The van der Waals surface area contributed by atoms with Crippen LogP contribution in [0.5, 0.6) is 5.75 Å². The van der Waals surface area contributed by atoms with Crippen LogP contribution in [0, 0.1) is 6.92 Å². The van der Waals surface area contributed by atoms with Crippen molar-refractivity contribution < 1.29 is 19.5 Å². The van der Waals surface area contributed by atoms with Crippen molar-refractivity contribution in [1.29, 1.82) is 0 Å². The summed E-state index contributed by atoms with van der Waals surface area (Å²) >= 11 is 0. The second-order valence-electron chi connectivity index (χ2n) is 6.77. The summed E-state index contributed by atoms with van der Waals surface area (Å²) in [6.45, 7) is 1.88. The van der Waals surface area contributed by atoms with Gasteiger partial charge in [-0.05, 0) is 60.5 Å². The van der Waals surface area contributed by atoms with Crippen molar-refractivity contribution in [3.63, 3.8) is 0 Å². The highest BCUT2D eigenvalue weighted by Crippen LogP contribution is 2.26. The number of hydrogen-bond donors (Lipinski definition) is 2. The summed E-state index contributed by atoms with van der Waals surface area (Å²) in [7, 11) is 0. The van der Waals surface area contributed by atoms with E-state index in [0.717, 1.165) is 10.5 Å². The monoisotopic (exact) mass is 387 g/mol. The van der Waals surface area contributed by atoms with Gasteiger partial charge in [-0.25, -0.2) is 0 Å². The normalized spacial score (nSPS) is 12.8. The molecule has 1 aromatic heterocycles. The molecule has 0 fully saturated rings. The van der Waals surface area contributed by atoms with Gasteiger partial charge in [-0.2, -0.15) is 0 Å². The minimum atomic E-state index is -0.440. The Morgan fingerprint density at radius 1 is 1.07 bits per heavy atom. The number of pyridine rings is 1. The molecule has 0 bridgehead atoms. The Hall–Kier alpha value is -4.00. The number of imide groups is 1. The SMILES string of the molecule is Cc1cc(O)ccc1NC(=O)c1ccc2c(c1)C(=O)N(Cc1cccnc1)C2=O. The number of aromatic hydroxyl groups is 1. The van der Waals surface area contributed by atoms with E-state index in [1.807, 2.05) is 0 Å². The average Bonchev–Trinajstić information content (AvgIpc) is 2.95. The summed E-state index contributed by atoms with van der Waals surface area (Å²) in [6.07, 6.45) is 3.22. The lowest BCUT2D eigenvalue weighted by molar-refractivity contribution is 0.0642. The van der Waals surface area contributed by atoms with Crippen LogP contribution in [0.25, 0.3) is 0 Å². The summed E-state index contributed by atoms with van der Waals surface area (Å²) < 4.78 is 0. The van der Waals surface area contributed by atoms with Crippen molar-refractivity contribution in [1.82, 2.24) is 9.88 Å². The van der Waals surface area contributed by atoms with Crippen LogP contribution in [0.2, 0.25) is 0 Å². The van der Waals surface area contributed by atoms with E-state index in [2.05, 4.69) is 10.3 Å². The first-order chi connectivity index (χ1) is 13.9. The number of nitrogens with zero attached hydrogens (tertiary/aromatic N) is 2. The van der Waals surface area contributed by atoms with Crippen molar-refractivity contribution >= 4 is 23.4 Å². The number of hydrogen-bond acceptors (Lipinski definition) is 5. The van der Waals surface area contributed by atoms with Gasteiger partial charge in [0.25, 0.3) is 17.7 Å². The third-order valence-corrected chi connectivity index (χ3v) is 4.75. The van der Waals surface area contributed by atoms with Gasteiger partial charge < -0.3 is 10.4 Å². The largest absolute Gasteiger partial charge is 0.508 e. The van der Waals surface area contributed by atoms with E-state index in [1.54, 1.807) is 37.5 Å². The molecule has 29 heavy (non-hydrogen) atoms. The Labute approximate surface area is 166 Å². The van der Waals surface area contributed by atoms with Gasteiger partial charge in [-0.3, -0.25) is 24.3 Å². The number of benzene rings is 2. The molecule has 3 aromatic rings. The predicted octanol–water partition coefficient (Wildman–Crippen LogP) is 3.14. The van der Waals surface area contributed by atoms with E-state index in [1.165, 1.54) is 30.3 Å². The topological polar surface area (TPSA) is 99.6 Å². The van der Waals surface area contributed by atoms with Crippen LogP contribution in [-0.2, 0) is 6.54 Å². The standard InChI is InChI=1S/C22H17N3O4/c1-13-9-16(26)5-7-19(13)24-20(27)15-4-6-17-18(10-15)22(29)25(21(17)28)12-14-3-2-8-23-11-14/h2-11,26H,12H2,1H3,(H,24,27). The van der Waals surface area contributed by atoms with Gasteiger partial charge in [0.1, 0.15) is 5.75 Å². The molecule has 0 aliphatic carbocycles. The van der Waals surface area contributed by atoms with Crippen molar-refractivity contribution in [3.05, 3.63) is 88.7 Å². The lowest BCUT2D eigenvalue weighted by atomic mass is 10.0. The van der Waals surface area contributed by atoms with E-state index in [4.69, 9.17) is 0 Å². The fraction of sp³-hybridized carbons (Fsp3) is 0.0909. The highest BCUT2D eigenvalue weighted by molar-refractivity contribution is 6.22. The van der Waals surface area contributed by atoms with Crippen molar-refractivity contribution in [2.45, 2.75) is 13.5 Å². The molecule has 0 spiro atoms. The molecular formula is C22H17N3O4. The Morgan fingerprint density at radius 3 is 2.59 bits per heavy atom. The zero-order valence-corrected chi connectivity index (χ0v) is 15.5. The van der Waals surface area contributed by atoms with Crippen LogP contribution in [0.4, 0.5) is 5.69 Å². The summed E-state index contributed by atoms with van der Waals surface area (Å²) in [5.74, 6) is -1.14. The van der Waals surface area contributed by atoms with Gasteiger partial charge in [0, 0.05) is 23.6 Å². The Balaban J connectivity index is 1.57. The smallest absolute Gasteiger partial charge is 0.261 e. The zero-order valence-electron chi connectivity index (χ0n) is 15.5. The molecule has 4 rings (SSSR count). The first-order valence-corrected chi connectivity index (χ1v) is 8.94. The van der Waals surface area contributed by atoms with Gasteiger partial charge >= 0.3 is 0 Å². The fourth-order valence-corrected chi connectivity index (χ4v) is 3.23. The minimum Gasteiger partial charge on any atom is -0.508 e. The number of rotatable bonds is 4. The van der Waals surface area contributed by atoms with E-state index < -0.39 is 17.7 Å². The number of carbonyl (C=O) groups is 3. The molecule has 144 valence electrons. The maximum Gasteiger partial charge on any atom is 0.261 e. The number of phenolic OH excluding ortho intramolecular Hbond substituents is 1. The van der Waals surface area contributed by atoms with Crippen LogP contribution in [0.15, 0.2) is 60.9 Å². The maximum absolute atomic E-state index is 12.8. The first kappa shape index (κ1) is 18.4. The van der Waals surface area contributed by atoms with E-state index in [9.17, 15) is 19.5 Å². The summed E-state index contributed by atoms with van der Waals surface area (Å²) in [5, 5.41) is 12.2. The third-order valence-electron chi connectivity index (χ3n) is 4.75. The predicted molar refractivity (Wildman–Crippen MR) is 106 cm³/mol. The van der Waals surface area contributed by atoms with E-state index in [0.29, 0.717) is 11.3 Å². The zero-order chi connectivity index (χ0) is 20.5. The molecule has 2 aromatic carbocycles. The number of fused-ring (bicyclic) bond motifs is 1. The number of amides is 3. The molecule has 1 aliphatic rings. The Bertz CT molecular complexity index is 1140. The van der Waals surface area contributed by atoms with Crippen molar-refractivity contribution in [2.75, 3.05) is 5.32 Å². The van der Waals surface area contributed by atoms with Crippen molar-refractivity contribution in [3.8, 4) is 5.75 Å². The van der Waals surface area contributed by atoms with Gasteiger partial charge in [-0.1, -0.05) is 6.07 Å². The summed E-state index contributed by atoms with van der Waals surface area (Å²) in [4.78, 5) is 43.1. The quantitative estimate of drug-likeness (QED) is 0.529. The molecule has 2 N–H and O–H groups in total. The molecule has 3 amide bonds. The average molecular weight is 387 g/mol. The second kappa shape index (κ2) is 7.20. The molecule has 0 saturated heterocycles. The number of phenols is 1. The van der Waals surface area contributed by atoms with Gasteiger partial charge in [0.05, 0.1) is 17.7 Å². The van der Waals surface area contributed by atoms with E-state index >= 15 is 0 Å². The van der Waals surface area contributed by atoms with Gasteiger partial charge in [0.2, 0.25) is 0 Å². The molecule has 0 unspecified atom stereocenters. The highest BCUT2D eigenvalue weighted by atomic mass is 16.3.